The van der Waals surface area contributed by atoms with Crippen molar-refractivity contribution in [3.05, 3.63) is 29.1 Å². The Morgan fingerprint density at radius 1 is 1.35 bits per heavy atom. The van der Waals surface area contributed by atoms with Crippen molar-refractivity contribution in [1.29, 1.82) is 0 Å². The fraction of sp³-hybridized carbons (Fsp3) is 0.400. The van der Waals surface area contributed by atoms with E-state index in [1.807, 2.05) is 38.1 Å². The minimum atomic E-state index is -0.295. The Balaban J connectivity index is 2.01. The maximum absolute atomic E-state index is 12.0. The van der Waals surface area contributed by atoms with Crippen molar-refractivity contribution in [3.8, 4) is 0 Å². The predicted octanol–water partition coefficient (Wildman–Crippen LogP) is 3.46. The summed E-state index contributed by atoms with van der Waals surface area (Å²) in [5, 5.41) is 0.971. The van der Waals surface area contributed by atoms with Gasteiger partial charge < -0.3 is 15.2 Å². The lowest BCUT2D eigenvalue weighted by molar-refractivity contribution is -0.00548. The molecule has 0 bridgehead atoms. The molecule has 0 spiro atoms. The number of benzene rings is 1. The van der Waals surface area contributed by atoms with Crippen LogP contribution in [0.2, 0.25) is 0 Å². The van der Waals surface area contributed by atoms with Gasteiger partial charge in [0.25, 0.3) is 0 Å². The van der Waals surface area contributed by atoms with Crippen LogP contribution in [0, 0.1) is 0 Å². The number of anilines is 1. The average Bonchev–Trinajstić information content (AvgIpc) is 2.81. The molecule has 0 atom stereocenters. The van der Waals surface area contributed by atoms with Crippen LogP contribution in [0.5, 0.6) is 0 Å². The Kier molecular flexibility index (Phi) is 4.30. The van der Waals surface area contributed by atoms with E-state index in [-0.39, 0.29) is 11.6 Å². The second kappa shape index (κ2) is 5.81. The van der Waals surface area contributed by atoms with E-state index in [9.17, 15) is 4.79 Å². The highest BCUT2D eigenvalue weighted by Crippen LogP contribution is 2.28. The maximum atomic E-state index is 12.0. The summed E-state index contributed by atoms with van der Waals surface area (Å²) in [4.78, 5) is 12.6. The van der Waals surface area contributed by atoms with Crippen molar-refractivity contribution in [2.45, 2.75) is 25.9 Å². The largest absolute Gasteiger partial charge is 0.461 e. The number of carbonyl (C=O) groups excluding carboxylic acids is 1. The monoisotopic (exact) mass is 293 g/mol. The van der Waals surface area contributed by atoms with E-state index in [0.717, 1.165) is 10.1 Å². The number of fused-ring (bicyclic) bond motifs is 1. The summed E-state index contributed by atoms with van der Waals surface area (Å²) in [6.45, 7) is 4.27. The van der Waals surface area contributed by atoms with Gasteiger partial charge in [0.05, 0.1) is 12.2 Å². The zero-order valence-electron chi connectivity index (χ0n) is 11.9. The van der Waals surface area contributed by atoms with E-state index in [4.69, 9.17) is 15.2 Å². The molecule has 0 fully saturated rings. The Hall–Kier alpha value is -1.59. The lowest BCUT2D eigenvalue weighted by Gasteiger charge is -2.22. The summed E-state index contributed by atoms with van der Waals surface area (Å²) in [5.74, 6) is -0.295. The number of hydrogen-bond donors (Lipinski definition) is 1. The Labute approximate surface area is 122 Å². The number of nitrogens with two attached hydrogens (primary N) is 1. The number of ether oxygens (including phenoxy) is 2. The summed E-state index contributed by atoms with van der Waals surface area (Å²) in [6.07, 6.45) is 0.660. The van der Waals surface area contributed by atoms with Gasteiger partial charge in [0.2, 0.25) is 0 Å². The minimum Gasteiger partial charge on any atom is -0.461 e. The molecule has 0 aliphatic carbocycles. The first-order chi connectivity index (χ1) is 9.41. The van der Waals surface area contributed by atoms with Crippen LogP contribution in [0.4, 0.5) is 5.69 Å². The number of hydrogen-bond acceptors (Lipinski definition) is 5. The van der Waals surface area contributed by atoms with Gasteiger partial charge in [0.15, 0.2) is 0 Å². The predicted molar refractivity (Wildman–Crippen MR) is 82.2 cm³/mol. The fourth-order valence-electron chi connectivity index (χ4n) is 1.73. The molecule has 2 rings (SSSR count). The minimum absolute atomic E-state index is 0.283. The van der Waals surface area contributed by atoms with Crippen molar-refractivity contribution in [2.75, 3.05) is 19.5 Å². The van der Waals surface area contributed by atoms with Crippen LogP contribution in [0.15, 0.2) is 24.3 Å². The number of methoxy groups -OCH3 is 1. The molecule has 0 aliphatic heterocycles. The SMILES string of the molecule is COC(C)(C)CCOC(=O)c1cc2cc(N)ccc2s1. The van der Waals surface area contributed by atoms with E-state index in [2.05, 4.69) is 0 Å². The Bertz CT molecular complexity index is 619. The van der Waals surface area contributed by atoms with Gasteiger partial charge in [-0.15, -0.1) is 11.3 Å². The van der Waals surface area contributed by atoms with Gasteiger partial charge in [-0.3, -0.25) is 0 Å². The number of nitrogen functional groups attached to an aromatic ring is 1. The summed E-state index contributed by atoms with van der Waals surface area (Å²) in [5.41, 5.74) is 6.14. The van der Waals surface area contributed by atoms with Gasteiger partial charge in [0, 0.05) is 23.9 Å². The number of esters is 1. The topological polar surface area (TPSA) is 61.5 Å². The van der Waals surface area contributed by atoms with Crippen LogP contribution in [-0.2, 0) is 9.47 Å². The fourth-order valence-corrected chi connectivity index (χ4v) is 2.66. The Morgan fingerprint density at radius 3 is 2.80 bits per heavy atom. The van der Waals surface area contributed by atoms with Gasteiger partial charge in [-0.25, -0.2) is 4.79 Å². The first-order valence-electron chi connectivity index (χ1n) is 6.43. The molecule has 0 saturated heterocycles. The highest BCUT2D eigenvalue weighted by molar-refractivity contribution is 7.20. The molecule has 1 aromatic heterocycles. The third-order valence-electron chi connectivity index (χ3n) is 3.23. The highest BCUT2D eigenvalue weighted by atomic mass is 32.1. The summed E-state index contributed by atoms with van der Waals surface area (Å²) >= 11 is 1.42. The highest BCUT2D eigenvalue weighted by Gasteiger charge is 2.18. The van der Waals surface area contributed by atoms with Crippen molar-refractivity contribution in [1.82, 2.24) is 0 Å². The summed E-state index contributed by atoms with van der Waals surface area (Å²) in [7, 11) is 1.65. The molecule has 5 heteroatoms. The van der Waals surface area contributed by atoms with E-state index in [1.54, 1.807) is 7.11 Å². The van der Waals surface area contributed by atoms with Crippen molar-refractivity contribution >= 4 is 33.1 Å². The van der Waals surface area contributed by atoms with Crippen LogP contribution >= 0.6 is 11.3 Å². The summed E-state index contributed by atoms with van der Waals surface area (Å²) in [6, 6.07) is 7.42. The van der Waals surface area contributed by atoms with Gasteiger partial charge >= 0.3 is 5.97 Å². The van der Waals surface area contributed by atoms with E-state index >= 15 is 0 Å². The normalized spacial score (nSPS) is 11.8. The lowest BCUT2D eigenvalue weighted by atomic mass is 10.1. The van der Waals surface area contributed by atoms with E-state index in [1.165, 1.54) is 11.3 Å². The smallest absolute Gasteiger partial charge is 0.348 e. The molecule has 20 heavy (non-hydrogen) atoms. The van der Waals surface area contributed by atoms with Gasteiger partial charge in [-0.1, -0.05) is 0 Å². The van der Waals surface area contributed by atoms with Crippen molar-refractivity contribution in [2.24, 2.45) is 0 Å². The maximum Gasteiger partial charge on any atom is 0.348 e. The van der Waals surface area contributed by atoms with Crippen LogP contribution < -0.4 is 5.73 Å². The zero-order chi connectivity index (χ0) is 14.8. The average molecular weight is 293 g/mol. The molecule has 108 valence electrons. The zero-order valence-corrected chi connectivity index (χ0v) is 12.8. The Morgan fingerprint density at radius 2 is 2.10 bits per heavy atom. The molecule has 2 N–H and O–H groups in total. The molecule has 0 saturated carbocycles. The van der Waals surface area contributed by atoms with Crippen molar-refractivity contribution in [3.63, 3.8) is 0 Å². The van der Waals surface area contributed by atoms with Crippen LogP contribution in [0.25, 0.3) is 10.1 Å². The molecule has 1 aromatic carbocycles. The van der Waals surface area contributed by atoms with E-state index in [0.29, 0.717) is 23.6 Å². The molecule has 0 amide bonds. The molecule has 0 unspecified atom stereocenters. The summed E-state index contributed by atoms with van der Waals surface area (Å²) < 4.78 is 11.6. The second-order valence-electron chi connectivity index (χ2n) is 5.26. The quantitative estimate of drug-likeness (QED) is 0.677. The van der Waals surface area contributed by atoms with Crippen LogP contribution in [0.1, 0.15) is 29.9 Å². The first kappa shape index (κ1) is 14.8. The second-order valence-corrected chi connectivity index (χ2v) is 6.34. The standard InChI is InChI=1S/C15H19NO3S/c1-15(2,18-3)6-7-19-14(17)13-9-10-8-11(16)4-5-12(10)20-13/h4-5,8-9H,6-7,16H2,1-3H3. The van der Waals surface area contributed by atoms with Gasteiger partial charge in [0.1, 0.15) is 4.88 Å². The first-order valence-corrected chi connectivity index (χ1v) is 7.24. The molecule has 0 aliphatic rings. The molecule has 0 radical (unpaired) electrons. The molecule has 2 aromatic rings. The van der Waals surface area contributed by atoms with Gasteiger partial charge in [-0.2, -0.15) is 0 Å². The third-order valence-corrected chi connectivity index (χ3v) is 4.33. The number of thiophene rings is 1. The number of carbonyl (C=O) groups is 1. The van der Waals surface area contributed by atoms with E-state index < -0.39 is 0 Å². The van der Waals surface area contributed by atoms with Crippen molar-refractivity contribution < 1.29 is 14.3 Å². The molecule has 1 heterocycles. The third kappa shape index (κ3) is 3.49. The number of rotatable bonds is 5. The molecule has 4 nitrogen and oxygen atoms in total. The molecular formula is C15H19NO3S. The van der Waals surface area contributed by atoms with Crippen LogP contribution in [-0.4, -0.2) is 25.3 Å². The van der Waals surface area contributed by atoms with Gasteiger partial charge in [-0.05, 0) is 43.5 Å². The lowest BCUT2D eigenvalue weighted by Crippen LogP contribution is -2.25. The molecular weight excluding hydrogens is 274 g/mol. The van der Waals surface area contributed by atoms with Crippen LogP contribution in [0.3, 0.4) is 0 Å².